The second-order valence-electron chi connectivity index (χ2n) is 2.93. The van der Waals surface area contributed by atoms with E-state index in [9.17, 15) is 0 Å². The molecule has 0 aliphatic rings. The monoisotopic (exact) mass is 179 g/mol. The second-order valence-corrected chi connectivity index (χ2v) is 3.20. The number of rotatable bonds is 3. The summed E-state index contributed by atoms with van der Waals surface area (Å²) in [6.07, 6.45) is 0. The molecule has 2 N–H and O–H groups in total. The van der Waals surface area contributed by atoms with Crippen LogP contribution in [-0.2, 0) is 0 Å². The Morgan fingerprint density at radius 1 is 1.33 bits per heavy atom. The minimum atomic E-state index is 0.0312. The maximum absolute atomic E-state index is 5.95. The molecule has 1 rings (SSSR count). The molecule has 2 heteroatoms. The molecule has 12 heavy (non-hydrogen) atoms. The highest BCUT2D eigenvalue weighted by Crippen LogP contribution is 2.16. The first kappa shape index (κ1) is 9.36. The minimum absolute atomic E-state index is 0.0312. The predicted molar refractivity (Wildman–Crippen MR) is 56.2 cm³/mol. The van der Waals surface area contributed by atoms with Crippen molar-refractivity contribution in [2.75, 3.05) is 0 Å². The van der Waals surface area contributed by atoms with Gasteiger partial charge in [0.2, 0.25) is 0 Å². The van der Waals surface area contributed by atoms with Gasteiger partial charge in [-0.3, -0.25) is 0 Å². The molecule has 0 aromatic heterocycles. The van der Waals surface area contributed by atoms with Crippen LogP contribution in [0, 0.1) is 5.92 Å². The Balaban J connectivity index is 2.78. The zero-order chi connectivity index (χ0) is 8.97. The highest BCUT2D eigenvalue weighted by Gasteiger charge is 2.10. The molecule has 0 fully saturated rings. The third kappa shape index (κ3) is 2.13. The van der Waals surface area contributed by atoms with E-state index in [1.54, 1.807) is 5.37 Å². The summed E-state index contributed by atoms with van der Waals surface area (Å²) in [5, 5.41) is 1.72. The smallest absolute Gasteiger partial charge is 0.0364 e. The lowest BCUT2D eigenvalue weighted by atomic mass is 9.97. The van der Waals surface area contributed by atoms with E-state index >= 15 is 0 Å². The summed E-state index contributed by atoms with van der Waals surface area (Å²) in [5.41, 5.74) is 7.10. The van der Waals surface area contributed by atoms with Crippen molar-refractivity contribution in [2.45, 2.75) is 13.0 Å². The van der Waals surface area contributed by atoms with Crippen LogP contribution in [0.15, 0.2) is 30.3 Å². The fourth-order valence-electron chi connectivity index (χ4n) is 1.06. The van der Waals surface area contributed by atoms with Gasteiger partial charge in [-0.2, -0.15) is 0 Å². The molecule has 0 aliphatic heterocycles. The molecule has 1 aromatic carbocycles. The summed E-state index contributed by atoms with van der Waals surface area (Å²) in [4.78, 5) is 0. The van der Waals surface area contributed by atoms with Gasteiger partial charge in [0, 0.05) is 12.0 Å². The van der Waals surface area contributed by atoms with Crippen molar-refractivity contribution in [3.63, 3.8) is 0 Å². The molecule has 1 aromatic rings. The lowest BCUT2D eigenvalue weighted by Crippen LogP contribution is -2.19. The molecule has 0 aliphatic carbocycles. The van der Waals surface area contributed by atoms with Gasteiger partial charge >= 0.3 is 0 Å². The van der Waals surface area contributed by atoms with E-state index in [0.29, 0.717) is 0 Å². The zero-order valence-corrected chi connectivity index (χ0v) is 7.92. The van der Waals surface area contributed by atoms with Gasteiger partial charge in [0.1, 0.15) is 0 Å². The zero-order valence-electron chi connectivity index (χ0n) is 7.10. The highest BCUT2D eigenvalue weighted by atomic mass is 32.1. The highest BCUT2D eigenvalue weighted by molar-refractivity contribution is 7.79. The Bertz CT molecular complexity index is 245. The average Bonchev–Trinajstić information content (AvgIpc) is 2.17. The second kappa shape index (κ2) is 4.33. The van der Waals surface area contributed by atoms with E-state index in [0.717, 1.165) is 5.56 Å². The molecule has 2 atom stereocenters. The molecule has 0 amide bonds. The largest absolute Gasteiger partial charge is 0.323 e. The van der Waals surface area contributed by atoms with Crippen LogP contribution < -0.4 is 5.73 Å². The van der Waals surface area contributed by atoms with Gasteiger partial charge in [0.25, 0.3) is 0 Å². The van der Waals surface area contributed by atoms with Gasteiger partial charge < -0.3 is 5.73 Å². The number of hydrogen-bond donors (Lipinski definition) is 1. The molecule has 0 saturated carbocycles. The van der Waals surface area contributed by atoms with Gasteiger partial charge in [0.15, 0.2) is 0 Å². The van der Waals surface area contributed by atoms with Crippen LogP contribution in [0.5, 0.6) is 0 Å². The minimum Gasteiger partial charge on any atom is -0.323 e. The van der Waals surface area contributed by atoms with Crippen LogP contribution >= 0.6 is 12.2 Å². The molecular weight excluding hydrogens is 166 g/mol. The molecule has 0 bridgehead atoms. The lowest BCUT2D eigenvalue weighted by Gasteiger charge is -2.15. The van der Waals surface area contributed by atoms with Gasteiger partial charge in [-0.1, -0.05) is 49.5 Å². The van der Waals surface area contributed by atoms with Crippen molar-refractivity contribution in [3.05, 3.63) is 35.9 Å². The Morgan fingerprint density at radius 3 is 2.42 bits per heavy atom. The molecule has 0 saturated heterocycles. The van der Waals surface area contributed by atoms with E-state index in [-0.39, 0.29) is 12.0 Å². The summed E-state index contributed by atoms with van der Waals surface area (Å²) in [6, 6.07) is 10.1. The van der Waals surface area contributed by atoms with Crippen molar-refractivity contribution in [1.29, 1.82) is 0 Å². The fraction of sp³-hybridized carbons (Fsp3) is 0.300. The molecule has 1 nitrogen and oxygen atoms in total. The SMILES string of the molecule is CC(C=S)C(N)c1ccccc1. The number of hydrogen-bond acceptors (Lipinski definition) is 2. The number of thiocarbonyl (C=S) groups is 1. The van der Waals surface area contributed by atoms with Crippen LogP contribution in [0.3, 0.4) is 0 Å². The quantitative estimate of drug-likeness (QED) is 0.721. The Labute approximate surface area is 78.6 Å². The van der Waals surface area contributed by atoms with E-state index in [1.165, 1.54) is 0 Å². The van der Waals surface area contributed by atoms with E-state index in [4.69, 9.17) is 18.0 Å². The first-order valence-corrected chi connectivity index (χ1v) is 4.48. The normalized spacial score (nSPS) is 15.2. The van der Waals surface area contributed by atoms with Crippen LogP contribution in [0.25, 0.3) is 0 Å². The predicted octanol–water partition coefficient (Wildman–Crippen LogP) is 2.32. The lowest BCUT2D eigenvalue weighted by molar-refractivity contribution is 0.612. The maximum Gasteiger partial charge on any atom is 0.0364 e. The first-order chi connectivity index (χ1) is 5.75. The maximum atomic E-state index is 5.95. The van der Waals surface area contributed by atoms with E-state index < -0.39 is 0 Å². The van der Waals surface area contributed by atoms with Crippen molar-refractivity contribution in [3.8, 4) is 0 Å². The number of nitrogens with two attached hydrogens (primary N) is 1. The van der Waals surface area contributed by atoms with E-state index in [2.05, 4.69) is 0 Å². The molecular formula is C10H13NS. The molecule has 0 heterocycles. The molecule has 64 valence electrons. The fourth-order valence-corrected chi connectivity index (χ4v) is 1.23. The summed E-state index contributed by atoms with van der Waals surface area (Å²) in [6.45, 7) is 2.03. The molecule has 0 radical (unpaired) electrons. The summed E-state index contributed by atoms with van der Waals surface area (Å²) in [5.74, 6) is 0.252. The van der Waals surface area contributed by atoms with Crippen LogP contribution in [0.2, 0.25) is 0 Å². The van der Waals surface area contributed by atoms with Crippen molar-refractivity contribution in [2.24, 2.45) is 11.7 Å². The third-order valence-corrected chi connectivity index (χ3v) is 2.39. The Morgan fingerprint density at radius 2 is 1.92 bits per heavy atom. The van der Waals surface area contributed by atoms with Crippen molar-refractivity contribution >= 4 is 17.6 Å². The van der Waals surface area contributed by atoms with Crippen molar-refractivity contribution in [1.82, 2.24) is 0 Å². The first-order valence-electron chi connectivity index (χ1n) is 4.01. The molecule has 0 spiro atoms. The van der Waals surface area contributed by atoms with Gasteiger partial charge in [-0.25, -0.2) is 0 Å². The van der Waals surface area contributed by atoms with Gasteiger partial charge in [-0.15, -0.1) is 0 Å². The van der Waals surface area contributed by atoms with Crippen molar-refractivity contribution < 1.29 is 0 Å². The standard InChI is InChI=1S/C10H13NS/c1-8(7-12)10(11)9-5-3-2-4-6-9/h2-8,10H,11H2,1H3. The molecule has 2 unspecified atom stereocenters. The number of benzene rings is 1. The average molecular weight is 179 g/mol. The summed E-state index contributed by atoms with van der Waals surface area (Å²) < 4.78 is 0. The van der Waals surface area contributed by atoms with Crippen LogP contribution in [0.4, 0.5) is 0 Å². The summed E-state index contributed by atoms with van der Waals surface area (Å²) in [7, 11) is 0. The van der Waals surface area contributed by atoms with Gasteiger partial charge in [-0.05, 0) is 10.9 Å². The Kier molecular flexibility index (Phi) is 3.38. The van der Waals surface area contributed by atoms with Crippen LogP contribution in [-0.4, -0.2) is 5.37 Å². The van der Waals surface area contributed by atoms with E-state index in [1.807, 2.05) is 37.3 Å². The topological polar surface area (TPSA) is 26.0 Å². The van der Waals surface area contributed by atoms with Crippen LogP contribution in [0.1, 0.15) is 18.5 Å². The Hall–Kier alpha value is -0.730. The summed E-state index contributed by atoms with van der Waals surface area (Å²) >= 11 is 4.85. The van der Waals surface area contributed by atoms with Gasteiger partial charge in [0.05, 0.1) is 0 Å². The third-order valence-electron chi connectivity index (χ3n) is 1.97.